The van der Waals surface area contributed by atoms with E-state index in [4.69, 9.17) is 9.47 Å². The Hall–Kier alpha value is -2.10. The highest BCUT2D eigenvalue weighted by Crippen LogP contribution is 2.07. The fourth-order valence-electron chi connectivity index (χ4n) is 1.37. The quantitative estimate of drug-likeness (QED) is 0.593. The van der Waals surface area contributed by atoms with Gasteiger partial charge in [0.05, 0.1) is 0 Å². The monoisotopic (exact) mass is 248 g/mol. The topological polar surface area (TPSA) is 52.6 Å². The number of rotatable bonds is 5. The number of carbonyl (C=O) groups excluding carboxylic acids is 2. The largest absolute Gasteiger partial charge is 0.425 e. The van der Waals surface area contributed by atoms with E-state index in [0.29, 0.717) is 6.42 Å². The van der Waals surface area contributed by atoms with Crippen LogP contribution in [0.1, 0.15) is 25.8 Å². The van der Waals surface area contributed by atoms with Gasteiger partial charge in [-0.15, -0.1) is 0 Å². The van der Waals surface area contributed by atoms with E-state index in [2.05, 4.69) is 0 Å². The fraction of sp³-hybridized carbons (Fsp3) is 0.286. The summed E-state index contributed by atoms with van der Waals surface area (Å²) in [5.41, 5.74) is 1.03. The van der Waals surface area contributed by atoms with Crippen LogP contribution in [0, 0.1) is 0 Å². The van der Waals surface area contributed by atoms with Gasteiger partial charge in [-0.05, 0) is 5.56 Å². The number of hydrogen-bond donors (Lipinski definition) is 0. The Bertz CT molecular complexity index is 407. The van der Waals surface area contributed by atoms with E-state index in [1.54, 1.807) is 6.08 Å². The third-order valence-corrected chi connectivity index (χ3v) is 2.03. The van der Waals surface area contributed by atoms with Crippen LogP contribution in [0.15, 0.2) is 36.4 Å². The third-order valence-electron chi connectivity index (χ3n) is 2.03. The maximum atomic E-state index is 10.8. The zero-order chi connectivity index (χ0) is 13.4. The Morgan fingerprint density at radius 2 is 1.67 bits per heavy atom. The molecule has 0 radical (unpaired) electrons. The van der Waals surface area contributed by atoms with Crippen LogP contribution < -0.4 is 0 Å². The van der Waals surface area contributed by atoms with Crippen molar-refractivity contribution in [2.75, 3.05) is 0 Å². The molecule has 0 saturated heterocycles. The van der Waals surface area contributed by atoms with E-state index < -0.39 is 18.2 Å². The molecule has 1 aromatic carbocycles. The first-order chi connectivity index (χ1) is 8.58. The minimum absolute atomic E-state index is 0.327. The van der Waals surface area contributed by atoms with Crippen molar-refractivity contribution < 1.29 is 19.1 Å². The van der Waals surface area contributed by atoms with Crippen LogP contribution in [0.25, 0.3) is 6.08 Å². The first-order valence-electron chi connectivity index (χ1n) is 5.64. The second-order valence-electron chi connectivity index (χ2n) is 3.70. The average Bonchev–Trinajstić information content (AvgIpc) is 2.28. The van der Waals surface area contributed by atoms with Gasteiger partial charge in [-0.25, -0.2) is 0 Å². The SMILES string of the molecule is CC(=O)OC(C/C=C/c1ccccc1)OC(C)=O. The highest BCUT2D eigenvalue weighted by Gasteiger charge is 2.12. The second kappa shape index (κ2) is 7.27. The molecule has 18 heavy (non-hydrogen) atoms. The second-order valence-corrected chi connectivity index (χ2v) is 3.70. The van der Waals surface area contributed by atoms with Crippen molar-refractivity contribution in [3.05, 3.63) is 42.0 Å². The summed E-state index contributed by atoms with van der Waals surface area (Å²) in [7, 11) is 0. The summed E-state index contributed by atoms with van der Waals surface area (Å²) in [5, 5.41) is 0. The summed E-state index contributed by atoms with van der Waals surface area (Å²) >= 11 is 0. The summed E-state index contributed by atoms with van der Waals surface area (Å²) < 4.78 is 9.73. The number of ether oxygens (including phenoxy) is 2. The molecule has 0 aliphatic rings. The first kappa shape index (κ1) is 14.0. The number of hydrogen-bond acceptors (Lipinski definition) is 4. The summed E-state index contributed by atoms with van der Waals surface area (Å²) in [4.78, 5) is 21.7. The summed E-state index contributed by atoms with van der Waals surface area (Å²) in [6.45, 7) is 2.55. The van der Waals surface area contributed by atoms with E-state index in [9.17, 15) is 9.59 Å². The first-order valence-corrected chi connectivity index (χ1v) is 5.64. The molecule has 1 rings (SSSR count). The Morgan fingerprint density at radius 1 is 1.11 bits per heavy atom. The highest BCUT2D eigenvalue weighted by atomic mass is 16.7. The molecule has 0 N–H and O–H groups in total. The molecule has 0 amide bonds. The van der Waals surface area contributed by atoms with Crippen molar-refractivity contribution >= 4 is 18.0 Å². The molecule has 0 aromatic heterocycles. The van der Waals surface area contributed by atoms with Gasteiger partial charge in [-0.3, -0.25) is 9.59 Å². The normalized spacial score (nSPS) is 10.6. The van der Waals surface area contributed by atoms with Crippen LogP contribution in [0.4, 0.5) is 0 Å². The lowest BCUT2D eigenvalue weighted by atomic mass is 10.2. The van der Waals surface area contributed by atoms with Gasteiger partial charge in [0.25, 0.3) is 6.29 Å². The van der Waals surface area contributed by atoms with Crippen LogP contribution in [-0.4, -0.2) is 18.2 Å². The van der Waals surface area contributed by atoms with E-state index in [-0.39, 0.29) is 0 Å². The van der Waals surface area contributed by atoms with E-state index >= 15 is 0 Å². The molecule has 0 bridgehead atoms. The lowest BCUT2D eigenvalue weighted by Crippen LogP contribution is -2.21. The van der Waals surface area contributed by atoms with Crippen molar-refractivity contribution in [1.29, 1.82) is 0 Å². The average molecular weight is 248 g/mol. The van der Waals surface area contributed by atoms with Crippen molar-refractivity contribution in [1.82, 2.24) is 0 Å². The molecule has 0 fully saturated rings. The summed E-state index contributed by atoms with van der Waals surface area (Å²) in [6, 6.07) is 9.68. The van der Waals surface area contributed by atoms with Crippen LogP contribution in [0.2, 0.25) is 0 Å². The molecule has 96 valence electrons. The standard InChI is InChI=1S/C14H16O4/c1-11(15)17-14(18-12(2)16)10-6-9-13-7-4-3-5-8-13/h3-9,14H,10H2,1-2H3/b9-6+. The molecule has 0 aliphatic heterocycles. The number of esters is 2. The molecule has 0 saturated carbocycles. The van der Waals surface area contributed by atoms with Crippen LogP contribution in [0.3, 0.4) is 0 Å². The van der Waals surface area contributed by atoms with Gasteiger partial charge in [0.15, 0.2) is 0 Å². The van der Waals surface area contributed by atoms with Gasteiger partial charge in [-0.1, -0.05) is 42.5 Å². The molecule has 0 atom stereocenters. The Labute approximate surface area is 106 Å². The third kappa shape index (κ3) is 5.84. The molecule has 0 aliphatic carbocycles. The van der Waals surface area contributed by atoms with Crippen molar-refractivity contribution in [2.45, 2.75) is 26.6 Å². The molecule has 1 aromatic rings. The smallest absolute Gasteiger partial charge is 0.305 e. The molecular weight excluding hydrogens is 232 g/mol. The van der Waals surface area contributed by atoms with Gasteiger partial charge in [0.2, 0.25) is 0 Å². The fourth-order valence-corrected chi connectivity index (χ4v) is 1.37. The Balaban J connectivity index is 2.53. The lowest BCUT2D eigenvalue weighted by molar-refractivity contribution is -0.183. The zero-order valence-corrected chi connectivity index (χ0v) is 10.5. The van der Waals surface area contributed by atoms with Gasteiger partial charge < -0.3 is 9.47 Å². The van der Waals surface area contributed by atoms with Crippen molar-refractivity contribution in [2.24, 2.45) is 0 Å². The molecule has 0 heterocycles. The predicted molar refractivity (Wildman–Crippen MR) is 67.4 cm³/mol. The minimum Gasteiger partial charge on any atom is -0.425 e. The van der Waals surface area contributed by atoms with Crippen LogP contribution in [-0.2, 0) is 19.1 Å². The highest BCUT2D eigenvalue weighted by molar-refractivity contribution is 5.68. The molecular formula is C14H16O4. The van der Waals surface area contributed by atoms with Gasteiger partial charge in [-0.2, -0.15) is 0 Å². The molecule has 0 spiro atoms. The van der Waals surface area contributed by atoms with E-state index in [1.165, 1.54) is 13.8 Å². The maximum absolute atomic E-state index is 10.8. The molecule has 4 nitrogen and oxygen atoms in total. The van der Waals surface area contributed by atoms with Gasteiger partial charge >= 0.3 is 11.9 Å². The predicted octanol–water partition coefficient (Wildman–Crippen LogP) is 2.54. The van der Waals surface area contributed by atoms with Crippen LogP contribution in [0.5, 0.6) is 0 Å². The van der Waals surface area contributed by atoms with E-state index in [1.807, 2.05) is 36.4 Å². The zero-order valence-electron chi connectivity index (χ0n) is 10.5. The Kier molecular flexibility index (Phi) is 5.64. The van der Waals surface area contributed by atoms with Gasteiger partial charge in [0, 0.05) is 20.3 Å². The summed E-state index contributed by atoms with van der Waals surface area (Å²) in [6.07, 6.45) is 3.14. The number of carbonyl (C=O) groups is 2. The molecule has 0 unspecified atom stereocenters. The summed E-state index contributed by atoms with van der Waals surface area (Å²) in [5.74, 6) is -0.955. The maximum Gasteiger partial charge on any atom is 0.305 e. The van der Waals surface area contributed by atoms with Crippen molar-refractivity contribution in [3.8, 4) is 0 Å². The van der Waals surface area contributed by atoms with Crippen molar-refractivity contribution in [3.63, 3.8) is 0 Å². The Morgan fingerprint density at radius 3 is 2.17 bits per heavy atom. The minimum atomic E-state index is -0.861. The number of benzene rings is 1. The van der Waals surface area contributed by atoms with Crippen LogP contribution >= 0.6 is 0 Å². The van der Waals surface area contributed by atoms with E-state index in [0.717, 1.165) is 5.56 Å². The van der Waals surface area contributed by atoms with Gasteiger partial charge in [0.1, 0.15) is 0 Å². The molecule has 4 heteroatoms. The lowest BCUT2D eigenvalue weighted by Gasteiger charge is -2.14.